The van der Waals surface area contributed by atoms with Gasteiger partial charge < -0.3 is 16.8 Å². The van der Waals surface area contributed by atoms with Crippen LogP contribution in [0.25, 0.3) is 0 Å². The molecule has 3 rings (SSSR count). The fourth-order valence-corrected chi connectivity index (χ4v) is 3.57. The number of nitrogens with two attached hydrogens (primary N) is 2. The Morgan fingerprint density at radius 2 is 1.96 bits per heavy atom. The molecule has 1 unspecified atom stereocenters. The quantitative estimate of drug-likeness (QED) is 0.777. The van der Waals surface area contributed by atoms with Gasteiger partial charge in [0.25, 0.3) is 0 Å². The number of nitrogens with zero attached hydrogens (tertiary/aromatic N) is 1. The molecule has 0 radical (unpaired) electrons. The summed E-state index contributed by atoms with van der Waals surface area (Å²) in [6.07, 6.45) is 4.34. The molecule has 24 heavy (non-hydrogen) atoms. The van der Waals surface area contributed by atoms with Crippen LogP contribution in [0.15, 0.2) is 30.3 Å². The molecule has 0 spiro atoms. The van der Waals surface area contributed by atoms with Gasteiger partial charge >= 0.3 is 0 Å². The normalized spacial score (nSPS) is 16.9. The Morgan fingerprint density at radius 3 is 2.67 bits per heavy atom. The Morgan fingerprint density at radius 1 is 1.21 bits per heavy atom. The van der Waals surface area contributed by atoms with E-state index in [1.807, 2.05) is 0 Å². The Bertz CT molecular complexity index is 695. The van der Waals surface area contributed by atoms with Gasteiger partial charge in [0.05, 0.1) is 11.4 Å². The van der Waals surface area contributed by atoms with Gasteiger partial charge in [-0.05, 0) is 43.1 Å². The van der Waals surface area contributed by atoms with Gasteiger partial charge in [0, 0.05) is 17.8 Å². The molecule has 1 aromatic heterocycles. The molecular formula is C20H28N4. The first-order valence-electron chi connectivity index (χ1n) is 8.91. The third kappa shape index (κ3) is 3.48. The van der Waals surface area contributed by atoms with Crippen molar-refractivity contribution < 1.29 is 0 Å². The van der Waals surface area contributed by atoms with E-state index in [0.29, 0.717) is 23.3 Å². The molecule has 4 heteroatoms. The standard InChI is InChI=1S/C20H28N4/c1-13(2)12-23-19-17-15(11-14-7-4-3-5-8-14)9-6-10-16(17)24-20(22)18(19)21/h3-5,7-8,13,15H,6,9-12,21H2,1-2H3,(H3,22,23,24). The average Bonchev–Trinajstić information content (AvgIpc) is 2.56. The molecule has 0 amide bonds. The number of aromatic nitrogens is 1. The summed E-state index contributed by atoms with van der Waals surface area (Å²) in [5, 5.41) is 3.55. The molecule has 1 heterocycles. The van der Waals surface area contributed by atoms with Gasteiger partial charge in [-0.15, -0.1) is 0 Å². The van der Waals surface area contributed by atoms with Crippen LogP contribution in [0, 0.1) is 5.92 Å². The van der Waals surface area contributed by atoms with E-state index in [-0.39, 0.29) is 0 Å². The zero-order chi connectivity index (χ0) is 17.1. The van der Waals surface area contributed by atoms with Crippen LogP contribution in [0.1, 0.15) is 49.4 Å². The van der Waals surface area contributed by atoms with Crippen molar-refractivity contribution in [3.63, 3.8) is 0 Å². The van der Waals surface area contributed by atoms with Crippen LogP contribution >= 0.6 is 0 Å². The van der Waals surface area contributed by atoms with Gasteiger partial charge in [0.1, 0.15) is 5.82 Å². The van der Waals surface area contributed by atoms with Crippen molar-refractivity contribution >= 4 is 17.2 Å². The van der Waals surface area contributed by atoms with Crippen molar-refractivity contribution in [3.05, 3.63) is 47.2 Å². The van der Waals surface area contributed by atoms with Gasteiger partial charge in [0.15, 0.2) is 0 Å². The number of aryl methyl sites for hydroxylation is 1. The maximum atomic E-state index is 6.30. The smallest absolute Gasteiger partial charge is 0.149 e. The number of pyridine rings is 1. The first-order chi connectivity index (χ1) is 11.6. The number of hydrogen-bond donors (Lipinski definition) is 3. The van der Waals surface area contributed by atoms with Crippen LogP contribution in [0.2, 0.25) is 0 Å². The van der Waals surface area contributed by atoms with Gasteiger partial charge in [-0.1, -0.05) is 44.2 Å². The third-order valence-corrected chi connectivity index (χ3v) is 4.77. The average molecular weight is 324 g/mol. The Hall–Kier alpha value is -2.23. The summed E-state index contributed by atoms with van der Waals surface area (Å²) < 4.78 is 0. The second kappa shape index (κ2) is 7.12. The molecule has 4 nitrogen and oxygen atoms in total. The van der Waals surface area contributed by atoms with E-state index in [4.69, 9.17) is 11.5 Å². The van der Waals surface area contributed by atoms with Crippen LogP contribution in [-0.4, -0.2) is 11.5 Å². The lowest BCUT2D eigenvalue weighted by Gasteiger charge is -2.29. The van der Waals surface area contributed by atoms with Crippen molar-refractivity contribution in [2.45, 2.75) is 45.4 Å². The number of rotatable bonds is 5. The summed E-state index contributed by atoms with van der Waals surface area (Å²) in [5.74, 6) is 1.45. The number of benzene rings is 1. The Kier molecular flexibility index (Phi) is 4.93. The highest BCUT2D eigenvalue weighted by molar-refractivity contribution is 5.80. The molecule has 0 saturated carbocycles. The minimum absolute atomic E-state index is 0.446. The Balaban J connectivity index is 1.98. The highest BCUT2D eigenvalue weighted by atomic mass is 15.0. The fraction of sp³-hybridized carbons (Fsp3) is 0.450. The minimum atomic E-state index is 0.446. The highest BCUT2D eigenvalue weighted by Crippen LogP contribution is 2.42. The van der Waals surface area contributed by atoms with E-state index < -0.39 is 0 Å². The molecular weight excluding hydrogens is 296 g/mol. The molecule has 128 valence electrons. The molecule has 1 atom stereocenters. The van der Waals surface area contributed by atoms with Crippen LogP contribution in [0.4, 0.5) is 17.2 Å². The maximum absolute atomic E-state index is 6.30. The summed E-state index contributed by atoms with van der Waals surface area (Å²) in [4.78, 5) is 4.61. The summed E-state index contributed by atoms with van der Waals surface area (Å²) in [5.41, 5.74) is 17.8. The van der Waals surface area contributed by atoms with Crippen LogP contribution in [0.5, 0.6) is 0 Å². The molecule has 0 aliphatic heterocycles. The number of anilines is 3. The fourth-order valence-electron chi connectivity index (χ4n) is 3.57. The molecule has 2 aromatic rings. The topological polar surface area (TPSA) is 77.0 Å². The number of fused-ring (bicyclic) bond motifs is 1. The van der Waals surface area contributed by atoms with Crippen molar-refractivity contribution in [3.8, 4) is 0 Å². The Labute approximate surface area is 144 Å². The van der Waals surface area contributed by atoms with E-state index in [1.165, 1.54) is 17.5 Å². The predicted octanol–water partition coefficient (Wildman–Crippen LogP) is 3.98. The first kappa shape index (κ1) is 16.6. The lowest BCUT2D eigenvalue weighted by molar-refractivity contribution is 0.543. The first-order valence-corrected chi connectivity index (χ1v) is 8.91. The van der Waals surface area contributed by atoms with Gasteiger partial charge in [-0.2, -0.15) is 0 Å². The predicted molar refractivity (Wildman–Crippen MR) is 102 cm³/mol. The van der Waals surface area contributed by atoms with Crippen molar-refractivity contribution in [1.82, 2.24) is 4.98 Å². The monoisotopic (exact) mass is 324 g/mol. The second-order valence-electron chi connectivity index (χ2n) is 7.20. The molecule has 5 N–H and O–H groups in total. The molecule has 1 aliphatic carbocycles. The molecule has 1 aliphatic rings. The van der Waals surface area contributed by atoms with E-state index in [0.717, 1.165) is 37.2 Å². The van der Waals surface area contributed by atoms with E-state index in [1.54, 1.807) is 0 Å². The largest absolute Gasteiger partial charge is 0.394 e. The summed E-state index contributed by atoms with van der Waals surface area (Å²) in [7, 11) is 0. The van der Waals surface area contributed by atoms with Crippen LogP contribution in [0.3, 0.4) is 0 Å². The molecule has 0 saturated heterocycles. The molecule has 1 aromatic carbocycles. The van der Waals surface area contributed by atoms with Crippen molar-refractivity contribution in [2.75, 3.05) is 23.3 Å². The van der Waals surface area contributed by atoms with E-state index in [9.17, 15) is 0 Å². The van der Waals surface area contributed by atoms with E-state index >= 15 is 0 Å². The number of hydrogen-bond acceptors (Lipinski definition) is 4. The third-order valence-electron chi connectivity index (χ3n) is 4.77. The van der Waals surface area contributed by atoms with Crippen molar-refractivity contribution in [2.24, 2.45) is 5.92 Å². The van der Waals surface area contributed by atoms with Gasteiger partial charge in [-0.25, -0.2) is 4.98 Å². The number of nitrogens with one attached hydrogen (secondary N) is 1. The molecule has 0 bridgehead atoms. The summed E-state index contributed by atoms with van der Waals surface area (Å²) >= 11 is 0. The summed E-state index contributed by atoms with van der Waals surface area (Å²) in [6.45, 7) is 5.28. The summed E-state index contributed by atoms with van der Waals surface area (Å²) in [6, 6.07) is 10.7. The SMILES string of the molecule is CC(C)CNc1c(N)c(N)nc2c1C(Cc1ccccc1)CCC2. The zero-order valence-electron chi connectivity index (χ0n) is 14.7. The zero-order valence-corrected chi connectivity index (χ0v) is 14.7. The molecule has 0 fully saturated rings. The minimum Gasteiger partial charge on any atom is -0.394 e. The lowest BCUT2D eigenvalue weighted by Crippen LogP contribution is -2.21. The van der Waals surface area contributed by atoms with E-state index in [2.05, 4.69) is 54.5 Å². The lowest BCUT2D eigenvalue weighted by atomic mass is 9.80. The van der Waals surface area contributed by atoms with Crippen molar-refractivity contribution in [1.29, 1.82) is 0 Å². The second-order valence-corrected chi connectivity index (χ2v) is 7.20. The van der Waals surface area contributed by atoms with Crippen LogP contribution < -0.4 is 16.8 Å². The van der Waals surface area contributed by atoms with Gasteiger partial charge in [-0.3, -0.25) is 0 Å². The van der Waals surface area contributed by atoms with Gasteiger partial charge in [0.2, 0.25) is 0 Å². The maximum Gasteiger partial charge on any atom is 0.149 e. The highest BCUT2D eigenvalue weighted by Gasteiger charge is 2.27. The van der Waals surface area contributed by atoms with Crippen LogP contribution in [-0.2, 0) is 12.8 Å². The number of nitrogen functional groups attached to an aromatic ring is 2.